The van der Waals surface area contributed by atoms with E-state index in [1.165, 1.54) is 12.1 Å². The molecule has 0 aromatic heterocycles. The lowest BCUT2D eigenvalue weighted by Crippen LogP contribution is -2.12. The number of benzene rings is 2. The smallest absolute Gasteiger partial charge is 0.271 e. The maximum absolute atomic E-state index is 10.8. The molecular weight excluding hydrogens is 264 g/mol. The minimum Gasteiger partial charge on any atom is -0.320 e. The number of nitrogens with zero attached hydrogens (tertiary/aromatic N) is 1. The quantitative estimate of drug-likeness (QED) is 0.688. The van der Waals surface area contributed by atoms with Crippen LogP contribution in [0.1, 0.15) is 22.7 Å². The summed E-state index contributed by atoms with van der Waals surface area (Å²) in [7, 11) is 0. The van der Waals surface area contributed by atoms with Gasteiger partial charge in [-0.2, -0.15) is 0 Å². The van der Waals surface area contributed by atoms with E-state index in [0.717, 1.165) is 11.1 Å². The Balaban J connectivity index is 2.43. The highest BCUT2D eigenvalue weighted by atomic mass is 35.5. The highest BCUT2D eigenvalue weighted by molar-refractivity contribution is 6.30. The standard InChI is InChI=1S/C14H13ClN2O2/c1-9-3-2-4-10(5-9)14(16)11-6-12(15)8-13(7-11)17(18)19/h2-8,14H,16H2,1H3. The molecule has 19 heavy (non-hydrogen) atoms. The van der Waals surface area contributed by atoms with Crippen molar-refractivity contribution in [3.63, 3.8) is 0 Å². The molecule has 2 aromatic rings. The number of nitrogens with two attached hydrogens (primary N) is 1. The highest BCUT2D eigenvalue weighted by Gasteiger charge is 2.15. The molecule has 0 aliphatic rings. The van der Waals surface area contributed by atoms with Gasteiger partial charge in [-0.3, -0.25) is 10.1 Å². The Morgan fingerprint density at radius 2 is 1.95 bits per heavy atom. The van der Waals surface area contributed by atoms with E-state index in [1.54, 1.807) is 6.07 Å². The third kappa shape index (κ3) is 3.10. The van der Waals surface area contributed by atoms with Gasteiger partial charge in [0.1, 0.15) is 0 Å². The summed E-state index contributed by atoms with van der Waals surface area (Å²) in [6.45, 7) is 1.97. The fourth-order valence-electron chi connectivity index (χ4n) is 1.94. The second-order valence-corrected chi connectivity index (χ2v) is 4.83. The zero-order valence-electron chi connectivity index (χ0n) is 10.3. The second-order valence-electron chi connectivity index (χ2n) is 4.39. The van der Waals surface area contributed by atoms with Crippen molar-refractivity contribution in [1.82, 2.24) is 0 Å². The van der Waals surface area contributed by atoms with Crippen LogP contribution >= 0.6 is 11.6 Å². The van der Waals surface area contributed by atoms with Crippen LogP contribution in [0.15, 0.2) is 42.5 Å². The van der Waals surface area contributed by atoms with Crippen molar-refractivity contribution in [2.75, 3.05) is 0 Å². The molecule has 0 spiro atoms. The number of hydrogen-bond donors (Lipinski definition) is 1. The van der Waals surface area contributed by atoms with Gasteiger partial charge in [0, 0.05) is 17.2 Å². The van der Waals surface area contributed by atoms with E-state index in [4.69, 9.17) is 17.3 Å². The predicted octanol–water partition coefficient (Wildman–Crippen LogP) is 3.60. The second kappa shape index (κ2) is 5.38. The largest absolute Gasteiger partial charge is 0.320 e. The van der Waals surface area contributed by atoms with Crippen LogP contribution in [-0.2, 0) is 0 Å². The Bertz CT molecular complexity index is 629. The van der Waals surface area contributed by atoms with E-state index in [0.29, 0.717) is 10.6 Å². The van der Waals surface area contributed by atoms with Crippen LogP contribution in [0.5, 0.6) is 0 Å². The van der Waals surface area contributed by atoms with Gasteiger partial charge in [-0.25, -0.2) is 0 Å². The zero-order valence-corrected chi connectivity index (χ0v) is 11.1. The number of hydrogen-bond acceptors (Lipinski definition) is 3. The van der Waals surface area contributed by atoms with Crippen molar-refractivity contribution in [3.8, 4) is 0 Å². The predicted molar refractivity (Wildman–Crippen MR) is 75.3 cm³/mol. The van der Waals surface area contributed by atoms with Crippen LogP contribution in [0, 0.1) is 17.0 Å². The first-order chi connectivity index (χ1) is 8.97. The summed E-state index contributed by atoms with van der Waals surface area (Å²) in [6, 6.07) is 11.7. The van der Waals surface area contributed by atoms with Crippen molar-refractivity contribution in [3.05, 3.63) is 74.3 Å². The van der Waals surface area contributed by atoms with Crippen LogP contribution in [0.3, 0.4) is 0 Å². The lowest BCUT2D eigenvalue weighted by atomic mass is 9.98. The lowest BCUT2D eigenvalue weighted by Gasteiger charge is -2.13. The summed E-state index contributed by atoms with van der Waals surface area (Å²) < 4.78 is 0. The Morgan fingerprint density at radius 1 is 1.21 bits per heavy atom. The molecule has 98 valence electrons. The molecule has 2 rings (SSSR count). The molecule has 1 atom stereocenters. The summed E-state index contributed by atoms with van der Waals surface area (Å²) in [5.74, 6) is 0. The maximum Gasteiger partial charge on any atom is 0.271 e. The molecule has 0 saturated carbocycles. The number of halogens is 1. The molecule has 1 unspecified atom stereocenters. The molecule has 0 fully saturated rings. The third-order valence-corrected chi connectivity index (χ3v) is 3.09. The minimum absolute atomic E-state index is 0.0504. The average Bonchev–Trinajstić information content (AvgIpc) is 2.37. The van der Waals surface area contributed by atoms with Gasteiger partial charge in [0.15, 0.2) is 0 Å². The topological polar surface area (TPSA) is 69.2 Å². The lowest BCUT2D eigenvalue weighted by molar-refractivity contribution is -0.384. The van der Waals surface area contributed by atoms with Crippen LogP contribution in [0.2, 0.25) is 5.02 Å². The summed E-state index contributed by atoms with van der Waals surface area (Å²) in [4.78, 5) is 10.4. The van der Waals surface area contributed by atoms with E-state index in [2.05, 4.69) is 0 Å². The Morgan fingerprint density at radius 3 is 2.58 bits per heavy atom. The molecule has 2 aromatic carbocycles. The zero-order chi connectivity index (χ0) is 14.0. The molecule has 0 bridgehead atoms. The summed E-state index contributed by atoms with van der Waals surface area (Å²) in [6.07, 6.45) is 0. The van der Waals surface area contributed by atoms with Gasteiger partial charge in [-0.1, -0.05) is 41.4 Å². The molecule has 5 heteroatoms. The highest BCUT2D eigenvalue weighted by Crippen LogP contribution is 2.27. The van der Waals surface area contributed by atoms with Crippen molar-refractivity contribution in [2.45, 2.75) is 13.0 Å². The first kappa shape index (κ1) is 13.5. The van der Waals surface area contributed by atoms with E-state index in [-0.39, 0.29) is 5.69 Å². The van der Waals surface area contributed by atoms with Gasteiger partial charge in [-0.15, -0.1) is 0 Å². The van der Waals surface area contributed by atoms with Gasteiger partial charge in [0.25, 0.3) is 5.69 Å². The third-order valence-electron chi connectivity index (χ3n) is 2.88. The van der Waals surface area contributed by atoms with Crippen LogP contribution in [0.25, 0.3) is 0 Å². The van der Waals surface area contributed by atoms with Crippen molar-refractivity contribution >= 4 is 17.3 Å². The first-order valence-corrected chi connectivity index (χ1v) is 6.12. The number of nitro groups is 1. The number of non-ortho nitro benzene ring substituents is 1. The van der Waals surface area contributed by atoms with E-state index < -0.39 is 11.0 Å². The monoisotopic (exact) mass is 276 g/mol. The molecule has 0 amide bonds. The number of nitro benzene ring substituents is 1. The van der Waals surface area contributed by atoms with E-state index in [9.17, 15) is 10.1 Å². The van der Waals surface area contributed by atoms with E-state index in [1.807, 2.05) is 31.2 Å². The molecule has 2 N–H and O–H groups in total. The summed E-state index contributed by atoms with van der Waals surface area (Å²) >= 11 is 5.90. The number of rotatable bonds is 3. The van der Waals surface area contributed by atoms with Crippen molar-refractivity contribution in [2.24, 2.45) is 5.73 Å². The average molecular weight is 277 g/mol. The minimum atomic E-state index is -0.474. The maximum atomic E-state index is 10.8. The normalized spacial score (nSPS) is 12.2. The molecule has 0 aliphatic heterocycles. The Kier molecular flexibility index (Phi) is 3.83. The first-order valence-electron chi connectivity index (χ1n) is 5.74. The van der Waals surface area contributed by atoms with Crippen LogP contribution in [-0.4, -0.2) is 4.92 Å². The molecule has 0 radical (unpaired) electrons. The molecule has 0 aliphatic carbocycles. The summed E-state index contributed by atoms with van der Waals surface area (Å²) in [5.41, 5.74) is 8.71. The summed E-state index contributed by atoms with van der Waals surface area (Å²) in [5, 5.41) is 11.1. The van der Waals surface area contributed by atoms with Gasteiger partial charge in [0.05, 0.1) is 11.0 Å². The fraction of sp³-hybridized carbons (Fsp3) is 0.143. The van der Waals surface area contributed by atoms with Crippen molar-refractivity contribution in [1.29, 1.82) is 0 Å². The van der Waals surface area contributed by atoms with Gasteiger partial charge < -0.3 is 5.73 Å². The Labute approximate surface area is 116 Å². The van der Waals surface area contributed by atoms with Gasteiger partial charge in [-0.05, 0) is 24.1 Å². The van der Waals surface area contributed by atoms with Crippen LogP contribution < -0.4 is 5.73 Å². The Hall–Kier alpha value is -1.91. The SMILES string of the molecule is Cc1cccc(C(N)c2cc(Cl)cc([N+](=O)[O-])c2)c1. The van der Waals surface area contributed by atoms with Crippen LogP contribution in [0.4, 0.5) is 5.69 Å². The van der Waals surface area contributed by atoms with Gasteiger partial charge in [0.2, 0.25) is 0 Å². The molecule has 0 heterocycles. The van der Waals surface area contributed by atoms with Crippen molar-refractivity contribution < 1.29 is 4.92 Å². The number of aryl methyl sites for hydroxylation is 1. The molecule has 4 nitrogen and oxygen atoms in total. The molecule has 0 saturated heterocycles. The van der Waals surface area contributed by atoms with Gasteiger partial charge >= 0.3 is 0 Å². The molecular formula is C14H13ClN2O2. The fourth-order valence-corrected chi connectivity index (χ4v) is 2.18. The van der Waals surface area contributed by atoms with E-state index >= 15 is 0 Å².